The first-order valence-electron chi connectivity index (χ1n) is 10.8. The lowest BCUT2D eigenvalue weighted by Crippen LogP contribution is -2.29. The van der Waals surface area contributed by atoms with Gasteiger partial charge in [-0.1, -0.05) is 30.3 Å². The van der Waals surface area contributed by atoms with Crippen molar-refractivity contribution in [3.8, 4) is 11.5 Å². The fourth-order valence-electron chi connectivity index (χ4n) is 4.47. The third-order valence-corrected chi connectivity index (χ3v) is 6.97. The lowest BCUT2D eigenvalue weighted by molar-refractivity contribution is 0.0714. The lowest BCUT2D eigenvalue weighted by atomic mass is 9.97. The first-order valence-corrected chi connectivity index (χ1v) is 11.6. The maximum atomic E-state index is 13.8. The molecule has 0 unspecified atom stereocenters. The van der Waals surface area contributed by atoms with Gasteiger partial charge in [0.15, 0.2) is 16.9 Å². The highest BCUT2D eigenvalue weighted by Crippen LogP contribution is 2.44. The van der Waals surface area contributed by atoms with E-state index in [1.165, 1.54) is 7.11 Å². The highest BCUT2D eigenvalue weighted by atomic mass is 79.9. The standard InChI is InChI=1S/C27H22BrNO5/c1-14-9-18-20(10-15(14)2)34-26-22(24(18)30)23(17-11-19(28)25(31)21(12-17)33-3)29(27(26)32)13-16-7-5-4-6-8-16/h4-12,23,31H,13H2,1-3H3/t23-/m0/s1. The number of ether oxygens (including phenoxy) is 1. The van der Waals surface area contributed by atoms with Crippen molar-refractivity contribution in [3.63, 3.8) is 0 Å². The average Bonchev–Trinajstić information content (AvgIpc) is 3.09. The third-order valence-electron chi connectivity index (χ3n) is 6.36. The molecule has 6 nitrogen and oxygen atoms in total. The lowest BCUT2D eigenvalue weighted by Gasteiger charge is -2.26. The van der Waals surface area contributed by atoms with Crippen molar-refractivity contribution in [2.45, 2.75) is 26.4 Å². The van der Waals surface area contributed by atoms with E-state index in [9.17, 15) is 14.7 Å². The van der Waals surface area contributed by atoms with Crippen molar-refractivity contribution in [1.29, 1.82) is 0 Å². The third kappa shape index (κ3) is 3.47. The number of hydrogen-bond donors (Lipinski definition) is 1. The molecule has 4 aromatic rings. The molecule has 172 valence electrons. The van der Waals surface area contributed by atoms with Gasteiger partial charge in [-0.2, -0.15) is 0 Å². The number of methoxy groups -OCH3 is 1. The van der Waals surface area contributed by atoms with E-state index in [4.69, 9.17) is 9.15 Å². The molecule has 2 heterocycles. The Morgan fingerprint density at radius 3 is 2.47 bits per heavy atom. The Hall–Kier alpha value is -3.58. The Morgan fingerprint density at radius 2 is 1.76 bits per heavy atom. The number of fused-ring (bicyclic) bond motifs is 2. The minimum absolute atomic E-state index is 0.0462. The van der Waals surface area contributed by atoms with E-state index in [-0.39, 0.29) is 40.7 Å². The molecular formula is C27H22BrNO5. The molecule has 1 aliphatic rings. The van der Waals surface area contributed by atoms with Gasteiger partial charge in [0.2, 0.25) is 5.76 Å². The van der Waals surface area contributed by atoms with Crippen molar-refractivity contribution >= 4 is 32.8 Å². The van der Waals surface area contributed by atoms with E-state index in [1.807, 2.05) is 50.2 Å². The zero-order valence-corrected chi connectivity index (χ0v) is 20.5. The fourth-order valence-corrected chi connectivity index (χ4v) is 4.93. The van der Waals surface area contributed by atoms with Gasteiger partial charge >= 0.3 is 0 Å². The van der Waals surface area contributed by atoms with Crippen LogP contribution >= 0.6 is 15.9 Å². The maximum absolute atomic E-state index is 13.8. The van der Waals surface area contributed by atoms with Gasteiger partial charge in [0, 0.05) is 6.54 Å². The number of aromatic hydroxyl groups is 1. The normalized spacial score (nSPS) is 15.1. The summed E-state index contributed by atoms with van der Waals surface area (Å²) in [5, 5.41) is 10.8. The summed E-state index contributed by atoms with van der Waals surface area (Å²) in [6.45, 7) is 4.16. The van der Waals surface area contributed by atoms with Crippen LogP contribution in [0.4, 0.5) is 0 Å². The van der Waals surface area contributed by atoms with Crippen LogP contribution in [0, 0.1) is 13.8 Å². The van der Waals surface area contributed by atoms with E-state index in [0.717, 1.165) is 16.7 Å². The number of phenolic OH excluding ortho intramolecular Hbond substituents is 1. The molecule has 0 saturated heterocycles. The molecule has 1 amide bonds. The Balaban J connectivity index is 1.78. The topological polar surface area (TPSA) is 80.0 Å². The number of amides is 1. The molecular weight excluding hydrogens is 498 g/mol. The Bertz CT molecular complexity index is 1510. The Morgan fingerprint density at radius 1 is 1.06 bits per heavy atom. The molecule has 7 heteroatoms. The number of nitrogens with zero attached hydrogens (tertiary/aromatic N) is 1. The Labute approximate surface area is 204 Å². The van der Waals surface area contributed by atoms with E-state index in [0.29, 0.717) is 21.0 Å². The number of benzene rings is 3. The van der Waals surface area contributed by atoms with Crippen LogP contribution in [-0.2, 0) is 6.54 Å². The fraction of sp³-hybridized carbons (Fsp3) is 0.185. The van der Waals surface area contributed by atoms with E-state index >= 15 is 0 Å². The van der Waals surface area contributed by atoms with Crippen LogP contribution in [0.2, 0.25) is 0 Å². The molecule has 1 N–H and O–H groups in total. The molecule has 1 aliphatic heterocycles. The molecule has 0 aliphatic carbocycles. The number of phenols is 1. The van der Waals surface area contributed by atoms with Gasteiger partial charge in [0.1, 0.15) is 5.58 Å². The minimum Gasteiger partial charge on any atom is -0.503 e. The van der Waals surface area contributed by atoms with E-state index in [1.54, 1.807) is 23.1 Å². The van der Waals surface area contributed by atoms with Crippen LogP contribution in [-0.4, -0.2) is 23.0 Å². The van der Waals surface area contributed by atoms with Gasteiger partial charge in [-0.25, -0.2) is 0 Å². The van der Waals surface area contributed by atoms with Gasteiger partial charge in [0.25, 0.3) is 5.91 Å². The number of carbonyl (C=O) groups excluding carboxylic acids is 1. The second-order valence-electron chi connectivity index (χ2n) is 8.48. The molecule has 0 fully saturated rings. The molecule has 0 radical (unpaired) electrons. The summed E-state index contributed by atoms with van der Waals surface area (Å²) in [5.74, 6) is -0.127. The van der Waals surface area contributed by atoms with Crippen LogP contribution in [0.3, 0.4) is 0 Å². The van der Waals surface area contributed by atoms with Gasteiger partial charge in [-0.3, -0.25) is 9.59 Å². The van der Waals surface area contributed by atoms with Crippen LogP contribution in [0.5, 0.6) is 11.5 Å². The summed E-state index contributed by atoms with van der Waals surface area (Å²) in [6, 6.07) is 15.8. The molecule has 0 saturated carbocycles. The maximum Gasteiger partial charge on any atom is 0.291 e. The van der Waals surface area contributed by atoms with Crippen LogP contribution < -0.4 is 10.2 Å². The van der Waals surface area contributed by atoms with Gasteiger partial charge in [0.05, 0.1) is 28.6 Å². The quantitative estimate of drug-likeness (QED) is 0.377. The summed E-state index contributed by atoms with van der Waals surface area (Å²) in [6.07, 6.45) is 0. The number of rotatable bonds is 4. The number of aryl methyl sites for hydroxylation is 2. The highest BCUT2D eigenvalue weighted by Gasteiger charge is 2.43. The minimum atomic E-state index is -0.712. The van der Waals surface area contributed by atoms with E-state index in [2.05, 4.69) is 15.9 Å². The van der Waals surface area contributed by atoms with Gasteiger partial charge in [-0.15, -0.1) is 0 Å². The monoisotopic (exact) mass is 519 g/mol. The van der Waals surface area contributed by atoms with Gasteiger partial charge in [-0.05, 0) is 76.3 Å². The number of halogens is 1. The predicted molar refractivity (Wildman–Crippen MR) is 132 cm³/mol. The summed E-state index contributed by atoms with van der Waals surface area (Å²) in [5.41, 5.74) is 3.93. The summed E-state index contributed by atoms with van der Waals surface area (Å²) in [4.78, 5) is 29.1. The first-order chi connectivity index (χ1) is 16.3. The first kappa shape index (κ1) is 22.2. The van der Waals surface area contributed by atoms with Crippen molar-refractivity contribution in [1.82, 2.24) is 4.90 Å². The molecule has 0 spiro atoms. The highest BCUT2D eigenvalue weighted by molar-refractivity contribution is 9.10. The SMILES string of the molecule is COc1cc([C@H]2c3c(oc4cc(C)c(C)cc4c3=O)C(=O)N2Cc2ccccc2)cc(Br)c1O. The molecule has 34 heavy (non-hydrogen) atoms. The number of hydrogen-bond acceptors (Lipinski definition) is 5. The van der Waals surface area contributed by atoms with Crippen LogP contribution in [0.1, 0.15) is 44.4 Å². The van der Waals surface area contributed by atoms with Crippen molar-refractivity contribution in [3.05, 3.63) is 103 Å². The molecule has 5 rings (SSSR count). The van der Waals surface area contributed by atoms with Crippen molar-refractivity contribution in [2.24, 2.45) is 0 Å². The molecule has 1 aromatic heterocycles. The summed E-state index contributed by atoms with van der Waals surface area (Å²) in [7, 11) is 1.45. The van der Waals surface area contributed by atoms with Crippen molar-refractivity contribution < 1.29 is 19.1 Å². The van der Waals surface area contributed by atoms with Crippen molar-refractivity contribution in [2.75, 3.05) is 7.11 Å². The molecule has 0 bridgehead atoms. The van der Waals surface area contributed by atoms with Gasteiger partial charge < -0.3 is 19.2 Å². The van der Waals surface area contributed by atoms with E-state index < -0.39 is 6.04 Å². The molecule has 3 aromatic carbocycles. The predicted octanol–water partition coefficient (Wildman–Crippen LogP) is 5.63. The zero-order chi connectivity index (χ0) is 24.1. The second-order valence-corrected chi connectivity index (χ2v) is 9.34. The smallest absolute Gasteiger partial charge is 0.291 e. The Kier molecular flexibility index (Phi) is 5.44. The van der Waals surface area contributed by atoms with Crippen LogP contribution in [0.25, 0.3) is 11.0 Å². The molecule has 1 atom stereocenters. The summed E-state index contributed by atoms with van der Waals surface area (Å²) < 4.78 is 11.8. The second kappa shape index (κ2) is 8.33. The average molecular weight is 520 g/mol. The summed E-state index contributed by atoms with van der Waals surface area (Å²) >= 11 is 3.37. The number of carbonyl (C=O) groups is 1. The largest absolute Gasteiger partial charge is 0.503 e. The zero-order valence-electron chi connectivity index (χ0n) is 18.9. The van der Waals surface area contributed by atoms with Crippen LogP contribution in [0.15, 0.2) is 68.3 Å².